The molecule has 0 radical (unpaired) electrons. The van der Waals surface area contributed by atoms with E-state index in [0.717, 1.165) is 30.6 Å². The molecule has 0 N–H and O–H groups in total. The highest BCUT2D eigenvalue weighted by molar-refractivity contribution is 7.07. The van der Waals surface area contributed by atoms with E-state index in [1.54, 1.807) is 31.7 Å². The molecule has 1 amide bonds. The van der Waals surface area contributed by atoms with Gasteiger partial charge in [-0.2, -0.15) is 0 Å². The molecule has 5 nitrogen and oxygen atoms in total. The molecule has 1 atom stereocenters. The lowest BCUT2D eigenvalue weighted by Gasteiger charge is -2.33. The second kappa shape index (κ2) is 9.71. The lowest BCUT2D eigenvalue weighted by Crippen LogP contribution is -2.46. The molecule has 1 aromatic heterocycles. The van der Waals surface area contributed by atoms with Crippen LogP contribution < -0.4 is 14.8 Å². The van der Waals surface area contributed by atoms with Crippen molar-refractivity contribution in [2.45, 2.75) is 59.5 Å². The van der Waals surface area contributed by atoms with Gasteiger partial charge >= 0.3 is 0 Å². The predicted molar refractivity (Wildman–Crippen MR) is 127 cm³/mol. The van der Waals surface area contributed by atoms with Crippen LogP contribution in [0, 0.1) is 11.2 Å². The van der Waals surface area contributed by atoms with Gasteiger partial charge in [-0.05, 0) is 44.4 Å². The zero-order valence-corrected chi connectivity index (χ0v) is 20.4. The van der Waals surface area contributed by atoms with Crippen LogP contribution in [0.1, 0.15) is 52.5 Å². The van der Waals surface area contributed by atoms with Gasteiger partial charge in [0.15, 0.2) is 5.78 Å². The highest BCUT2D eigenvalue weighted by Gasteiger charge is 2.25. The minimum Gasteiger partial charge on any atom is -0.338 e. The van der Waals surface area contributed by atoms with Crippen molar-refractivity contribution in [2.75, 3.05) is 6.54 Å². The van der Waals surface area contributed by atoms with Gasteiger partial charge in [0.1, 0.15) is 17.0 Å². The molecule has 8 heteroatoms. The van der Waals surface area contributed by atoms with Gasteiger partial charge in [0, 0.05) is 29.6 Å². The fourth-order valence-electron chi connectivity index (χ4n) is 3.60. The first-order chi connectivity index (χ1) is 15.0. The first-order valence-electron chi connectivity index (χ1n) is 10.7. The van der Waals surface area contributed by atoms with Gasteiger partial charge in [-0.15, -0.1) is 11.3 Å². The molecule has 0 spiro atoms. The smallest absolute Gasteiger partial charge is 0.269 e. The molecule has 0 bridgehead atoms. The number of carbonyl (C=O) groups is 2. The minimum atomic E-state index is -0.644. The maximum Gasteiger partial charge on any atom is 0.269 e. The summed E-state index contributed by atoms with van der Waals surface area (Å²) in [5, 5.41) is 0.180. The van der Waals surface area contributed by atoms with Crippen LogP contribution in [0.3, 0.4) is 0 Å². The molecule has 1 aliphatic heterocycles. The second-order valence-corrected chi connectivity index (χ2v) is 10.6. The van der Waals surface area contributed by atoms with Crippen LogP contribution in [0.5, 0.6) is 0 Å². The van der Waals surface area contributed by atoms with E-state index in [2.05, 4.69) is 0 Å². The highest BCUT2D eigenvalue weighted by Crippen LogP contribution is 2.20. The van der Waals surface area contributed by atoms with E-state index in [1.165, 1.54) is 28.9 Å². The maximum absolute atomic E-state index is 14.3. The molecule has 2 aromatic rings. The van der Waals surface area contributed by atoms with Crippen molar-refractivity contribution < 1.29 is 14.0 Å². The topological polar surface area (TPSA) is 59.4 Å². The number of ketones is 1. The number of amides is 1. The number of carbonyl (C=O) groups excluding carboxylic acids is 2. The lowest BCUT2D eigenvalue weighted by atomic mass is 9.91. The van der Waals surface area contributed by atoms with Gasteiger partial charge < -0.3 is 4.90 Å². The first-order valence-corrected chi connectivity index (χ1v) is 11.9. The number of hydrogen-bond donors (Lipinski definition) is 0. The number of Topliss-reactive ketones (excluding diaryl/α,β-unsaturated/α-hetero) is 1. The molecule has 0 saturated carbocycles. The van der Waals surface area contributed by atoms with Crippen molar-refractivity contribution in [1.82, 2.24) is 9.47 Å². The Balaban J connectivity index is 2.13. The van der Waals surface area contributed by atoms with E-state index in [9.17, 15) is 18.8 Å². The summed E-state index contributed by atoms with van der Waals surface area (Å²) in [5.74, 6) is -0.876. The van der Waals surface area contributed by atoms with E-state index in [0.29, 0.717) is 11.2 Å². The standard InChI is InChI=1S/C24H28ClFN2O3S/c1-15-8-5-6-11-27(15)21(30)14-28-22(13-20(29)24(2,3)4)32-19(23(28)31)12-16-17(25)9-7-10-18(16)26/h7,9-10,12-13,15H,5-6,8,11,14H2,1-4H3/b19-12+,22-13-/t15-/m1/s1. The Labute approximate surface area is 195 Å². The van der Waals surface area contributed by atoms with Gasteiger partial charge in [0.25, 0.3) is 5.56 Å². The van der Waals surface area contributed by atoms with Crippen molar-refractivity contribution >= 4 is 46.8 Å². The molecule has 1 aliphatic rings. The summed E-state index contributed by atoms with van der Waals surface area (Å²) >= 11 is 7.18. The van der Waals surface area contributed by atoms with Crippen LogP contribution >= 0.6 is 22.9 Å². The fraction of sp³-hybridized carbons (Fsp3) is 0.458. The Morgan fingerprint density at radius 2 is 2.00 bits per heavy atom. The average Bonchev–Trinajstić information content (AvgIpc) is 2.99. The molecule has 1 fully saturated rings. The van der Waals surface area contributed by atoms with E-state index < -0.39 is 16.8 Å². The number of piperidine rings is 1. The molecule has 0 unspecified atom stereocenters. The number of likely N-dealkylation sites (tertiary alicyclic amines) is 1. The van der Waals surface area contributed by atoms with E-state index in [4.69, 9.17) is 11.6 Å². The number of thiazole rings is 1. The van der Waals surface area contributed by atoms with Crippen molar-refractivity contribution in [3.63, 3.8) is 0 Å². The predicted octanol–water partition coefficient (Wildman–Crippen LogP) is 3.33. The van der Waals surface area contributed by atoms with Crippen molar-refractivity contribution in [3.05, 3.63) is 54.2 Å². The Morgan fingerprint density at radius 1 is 1.28 bits per heavy atom. The van der Waals surface area contributed by atoms with Crippen LogP contribution in [-0.2, 0) is 16.1 Å². The largest absolute Gasteiger partial charge is 0.338 e. The van der Waals surface area contributed by atoms with Crippen molar-refractivity contribution in [1.29, 1.82) is 0 Å². The van der Waals surface area contributed by atoms with Gasteiger partial charge in [-0.3, -0.25) is 19.0 Å². The molecular weight excluding hydrogens is 451 g/mol. The maximum atomic E-state index is 14.3. The Bertz CT molecular complexity index is 1190. The number of aromatic nitrogens is 1. The van der Waals surface area contributed by atoms with Gasteiger partial charge in [0.2, 0.25) is 5.91 Å². The van der Waals surface area contributed by atoms with E-state index in [-0.39, 0.29) is 39.4 Å². The monoisotopic (exact) mass is 478 g/mol. The van der Waals surface area contributed by atoms with E-state index in [1.807, 2.05) is 6.92 Å². The molecule has 1 saturated heterocycles. The minimum absolute atomic E-state index is 0.101. The van der Waals surface area contributed by atoms with Crippen LogP contribution in [0.2, 0.25) is 5.02 Å². The first kappa shape index (κ1) is 24.4. The average molecular weight is 479 g/mol. The Morgan fingerprint density at radius 3 is 2.62 bits per heavy atom. The summed E-state index contributed by atoms with van der Waals surface area (Å²) in [7, 11) is 0. The summed E-state index contributed by atoms with van der Waals surface area (Å²) in [6.07, 6.45) is 5.72. The zero-order chi connectivity index (χ0) is 23.6. The van der Waals surface area contributed by atoms with Crippen LogP contribution in [-0.4, -0.2) is 33.7 Å². The summed E-state index contributed by atoms with van der Waals surface area (Å²) in [6.45, 7) is 7.85. The fourth-order valence-corrected chi connectivity index (χ4v) is 4.84. The number of halogens is 2. The third-order valence-electron chi connectivity index (χ3n) is 5.62. The second-order valence-electron chi connectivity index (χ2n) is 9.17. The third-order valence-corrected chi connectivity index (χ3v) is 7.01. The van der Waals surface area contributed by atoms with Crippen molar-refractivity contribution in [2.24, 2.45) is 5.41 Å². The summed E-state index contributed by atoms with van der Waals surface area (Å²) < 4.78 is 16.2. The lowest BCUT2D eigenvalue weighted by molar-refractivity contribution is -0.135. The van der Waals surface area contributed by atoms with Gasteiger partial charge in [-0.25, -0.2) is 4.39 Å². The molecular formula is C24H28ClFN2O3S. The summed E-state index contributed by atoms with van der Waals surface area (Å²) in [5.41, 5.74) is -0.987. The summed E-state index contributed by atoms with van der Waals surface area (Å²) in [6, 6.07) is 4.40. The molecule has 172 valence electrons. The molecule has 1 aromatic carbocycles. The normalized spacial score (nSPS) is 18.3. The van der Waals surface area contributed by atoms with Gasteiger partial charge in [-0.1, -0.05) is 38.4 Å². The Kier molecular flexibility index (Phi) is 7.40. The quantitative estimate of drug-likeness (QED) is 0.677. The highest BCUT2D eigenvalue weighted by atomic mass is 35.5. The molecule has 2 heterocycles. The number of nitrogens with zero attached hydrogens (tertiary/aromatic N) is 2. The SMILES string of the molecule is C[C@@H]1CCCCN1C(=O)Cn1c(=O)/c(=C\c2c(F)cccc2Cl)s/c1=C\C(=O)C(C)(C)C. The summed E-state index contributed by atoms with van der Waals surface area (Å²) in [4.78, 5) is 40.7. The molecule has 0 aliphatic carbocycles. The zero-order valence-electron chi connectivity index (χ0n) is 18.8. The van der Waals surface area contributed by atoms with Crippen LogP contribution in [0.4, 0.5) is 4.39 Å². The van der Waals surface area contributed by atoms with Crippen LogP contribution in [0.25, 0.3) is 12.2 Å². The number of benzene rings is 1. The Hall–Kier alpha value is -2.25. The number of hydrogen-bond acceptors (Lipinski definition) is 4. The third kappa shape index (κ3) is 5.38. The van der Waals surface area contributed by atoms with E-state index >= 15 is 0 Å². The van der Waals surface area contributed by atoms with Gasteiger partial charge in [0.05, 0.1) is 9.55 Å². The van der Waals surface area contributed by atoms with Crippen LogP contribution in [0.15, 0.2) is 23.0 Å². The van der Waals surface area contributed by atoms with Crippen molar-refractivity contribution in [3.8, 4) is 0 Å². The molecule has 3 rings (SSSR count). The number of rotatable bonds is 4. The molecule has 32 heavy (non-hydrogen) atoms.